The van der Waals surface area contributed by atoms with Crippen molar-refractivity contribution in [1.82, 2.24) is 9.78 Å². The number of hydrogen-bond acceptors (Lipinski definition) is 4. The molecule has 1 aromatic heterocycles. The molecular formula is C18H15N3O4. The first-order valence-electron chi connectivity index (χ1n) is 7.40. The molecule has 0 bridgehead atoms. The predicted molar refractivity (Wildman–Crippen MR) is 94.4 cm³/mol. The summed E-state index contributed by atoms with van der Waals surface area (Å²) in [6.07, 6.45) is 1.64. The van der Waals surface area contributed by atoms with E-state index in [-0.39, 0.29) is 11.2 Å². The Bertz CT molecular complexity index is 1080. The molecule has 7 heteroatoms. The second-order valence-corrected chi connectivity index (χ2v) is 5.34. The topological polar surface area (TPSA) is 90.2 Å². The highest BCUT2D eigenvalue weighted by Gasteiger charge is 2.06. The Labute approximate surface area is 142 Å². The third kappa shape index (κ3) is 3.20. The van der Waals surface area contributed by atoms with Crippen LogP contribution in [0.5, 0.6) is 5.75 Å². The Morgan fingerprint density at radius 2 is 1.80 bits per heavy atom. The molecule has 1 N–H and O–H groups in total. The van der Waals surface area contributed by atoms with E-state index in [1.54, 1.807) is 49.6 Å². The summed E-state index contributed by atoms with van der Waals surface area (Å²) in [4.78, 5) is 22.9. The number of nitro benzene ring substituents is 1. The van der Waals surface area contributed by atoms with Crippen molar-refractivity contribution in [3.63, 3.8) is 0 Å². The van der Waals surface area contributed by atoms with Crippen molar-refractivity contribution in [2.45, 2.75) is 0 Å². The van der Waals surface area contributed by atoms with Gasteiger partial charge in [0.1, 0.15) is 5.75 Å². The molecule has 0 atom stereocenters. The normalized spacial score (nSPS) is 11.5. The zero-order chi connectivity index (χ0) is 18.0. The molecule has 0 amide bonds. The molecule has 0 radical (unpaired) electrons. The largest absolute Gasteiger partial charge is 0.497 e. The van der Waals surface area contributed by atoms with Gasteiger partial charge >= 0.3 is 0 Å². The molecule has 0 fully saturated rings. The van der Waals surface area contributed by atoms with Crippen LogP contribution in [0.4, 0.5) is 5.69 Å². The highest BCUT2D eigenvalue weighted by molar-refractivity contribution is 5.52. The lowest BCUT2D eigenvalue weighted by Crippen LogP contribution is -2.33. The van der Waals surface area contributed by atoms with Crippen molar-refractivity contribution in [2.75, 3.05) is 7.11 Å². The highest BCUT2D eigenvalue weighted by Crippen LogP contribution is 2.13. The molecule has 25 heavy (non-hydrogen) atoms. The van der Waals surface area contributed by atoms with Crippen molar-refractivity contribution >= 4 is 18.3 Å². The summed E-state index contributed by atoms with van der Waals surface area (Å²) in [5.41, 5.74) is 1.07. The Balaban J connectivity index is 2.06. The maximum atomic E-state index is 12.6. The standard InChI is InChI=1S/C18H15N3O4/c1-12-17(11-13-3-5-15(6-4-13)21(23)24)18(22)20(19-12)14-7-9-16(25-2)10-8-14/h3-11,19H,1H2,2H3/b17-11+. The van der Waals surface area contributed by atoms with Crippen LogP contribution in [0.2, 0.25) is 0 Å². The second-order valence-electron chi connectivity index (χ2n) is 5.34. The molecular weight excluding hydrogens is 322 g/mol. The highest BCUT2D eigenvalue weighted by atomic mass is 16.6. The van der Waals surface area contributed by atoms with E-state index >= 15 is 0 Å². The van der Waals surface area contributed by atoms with E-state index in [4.69, 9.17) is 4.74 Å². The number of H-pyrrole nitrogens is 1. The van der Waals surface area contributed by atoms with E-state index < -0.39 is 4.92 Å². The predicted octanol–water partition coefficient (Wildman–Crippen LogP) is 1.32. The maximum Gasteiger partial charge on any atom is 0.279 e. The van der Waals surface area contributed by atoms with Crippen LogP contribution in [-0.2, 0) is 0 Å². The smallest absolute Gasteiger partial charge is 0.279 e. The van der Waals surface area contributed by atoms with Crippen LogP contribution in [0.15, 0.2) is 53.3 Å². The number of hydrogen-bond donors (Lipinski definition) is 1. The van der Waals surface area contributed by atoms with Crippen LogP contribution in [0.1, 0.15) is 5.56 Å². The molecule has 0 aliphatic carbocycles. The zero-order valence-corrected chi connectivity index (χ0v) is 13.4. The summed E-state index contributed by atoms with van der Waals surface area (Å²) in [6, 6.07) is 13.0. The van der Waals surface area contributed by atoms with E-state index in [1.165, 1.54) is 16.8 Å². The van der Waals surface area contributed by atoms with Gasteiger partial charge in [-0.2, -0.15) is 0 Å². The minimum Gasteiger partial charge on any atom is -0.497 e. The van der Waals surface area contributed by atoms with E-state index in [1.807, 2.05) is 0 Å². The van der Waals surface area contributed by atoms with Gasteiger partial charge in [0.15, 0.2) is 0 Å². The third-order valence-corrected chi connectivity index (χ3v) is 3.75. The van der Waals surface area contributed by atoms with Gasteiger partial charge in [-0.25, -0.2) is 4.68 Å². The third-order valence-electron chi connectivity index (χ3n) is 3.75. The average Bonchev–Trinajstić information content (AvgIpc) is 2.90. The lowest BCUT2D eigenvalue weighted by atomic mass is 10.2. The van der Waals surface area contributed by atoms with Crippen LogP contribution in [-0.4, -0.2) is 21.8 Å². The Hall–Kier alpha value is -3.61. The molecule has 1 heterocycles. The monoisotopic (exact) mass is 337 g/mol. The number of methoxy groups -OCH3 is 1. The number of ether oxygens (including phenoxy) is 1. The van der Waals surface area contributed by atoms with Crippen LogP contribution in [0.25, 0.3) is 18.3 Å². The molecule has 0 unspecified atom stereocenters. The van der Waals surface area contributed by atoms with Crippen LogP contribution in [0, 0.1) is 10.1 Å². The summed E-state index contributed by atoms with van der Waals surface area (Å²) >= 11 is 0. The van der Waals surface area contributed by atoms with Gasteiger partial charge in [-0.05, 0) is 48.0 Å². The minimum absolute atomic E-state index is 0.00305. The van der Waals surface area contributed by atoms with Crippen LogP contribution >= 0.6 is 0 Å². The Morgan fingerprint density at radius 1 is 1.16 bits per heavy atom. The number of rotatable bonds is 4. The summed E-state index contributed by atoms with van der Waals surface area (Å²) in [7, 11) is 1.57. The zero-order valence-electron chi connectivity index (χ0n) is 13.4. The number of aromatic nitrogens is 2. The molecule has 0 saturated heterocycles. The Morgan fingerprint density at radius 3 is 2.36 bits per heavy atom. The van der Waals surface area contributed by atoms with E-state index in [2.05, 4.69) is 11.7 Å². The van der Waals surface area contributed by atoms with Crippen LogP contribution in [0.3, 0.4) is 0 Å². The van der Waals surface area contributed by atoms with E-state index in [0.29, 0.717) is 27.6 Å². The van der Waals surface area contributed by atoms with Crippen molar-refractivity contribution < 1.29 is 9.66 Å². The molecule has 126 valence electrons. The van der Waals surface area contributed by atoms with Crippen molar-refractivity contribution in [1.29, 1.82) is 0 Å². The first-order valence-corrected chi connectivity index (χ1v) is 7.40. The maximum absolute atomic E-state index is 12.6. The van der Waals surface area contributed by atoms with Gasteiger partial charge in [-0.3, -0.25) is 20.0 Å². The molecule has 0 saturated carbocycles. The van der Waals surface area contributed by atoms with Gasteiger partial charge in [0, 0.05) is 12.1 Å². The van der Waals surface area contributed by atoms with E-state index in [0.717, 1.165) is 0 Å². The first-order chi connectivity index (χ1) is 12.0. The summed E-state index contributed by atoms with van der Waals surface area (Å²) < 4.78 is 6.49. The quantitative estimate of drug-likeness (QED) is 0.574. The molecule has 0 spiro atoms. The molecule has 7 nitrogen and oxygen atoms in total. The van der Waals surface area contributed by atoms with Crippen molar-refractivity contribution in [2.24, 2.45) is 0 Å². The van der Waals surface area contributed by atoms with Gasteiger partial charge in [-0.15, -0.1) is 0 Å². The molecule has 3 rings (SSSR count). The molecule has 0 aliphatic rings. The first kappa shape index (κ1) is 16.3. The molecule has 0 aliphatic heterocycles. The van der Waals surface area contributed by atoms with Gasteiger partial charge in [0.25, 0.3) is 11.2 Å². The number of non-ortho nitro benzene ring substituents is 1. The van der Waals surface area contributed by atoms with Crippen molar-refractivity contribution in [3.05, 3.63) is 85.1 Å². The number of benzene rings is 2. The second kappa shape index (κ2) is 6.48. The van der Waals surface area contributed by atoms with Gasteiger partial charge < -0.3 is 4.74 Å². The lowest BCUT2D eigenvalue weighted by molar-refractivity contribution is -0.384. The number of nitrogens with one attached hydrogen (secondary N) is 1. The molecule has 2 aromatic carbocycles. The summed E-state index contributed by atoms with van der Waals surface area (Å²) in [5.74, 6) is 0.691. The van der Waals surface area contributed by atoms with Crippen molar-refractivity contribution in [3.8, 4) is 11.4 Å². The summed E-state index contributed by atoms with van der Waals surface area (Å²) in [5, 5.41) is 14.5. The minimum atomic E-state index is -0.469. The summed E-state index contributed by atoms with van der Waals surface area (Å²) in [6.45, 7) is 3.86. The van der Waals surface area contributed by atoms with Gasteiger partial charge in [0.05, 0.1) is 28.3 Å². The van der Waals surface area contributed by atoms with E-state index in [9.17, 15) is 14.9 Å². The number of nitro groups is 1. The van der Waals surface area contributed by atoms with Crippen LogP contribution < -0.4 is 20.9 Å². The van der Waals surface area contributed by atoms with Gasteiger partial charge in [0.2, 0.25) is 0 Å². The number of aromatic amines is 1. The fraction of sp³-hybridized carbons (Fsp3) is 0.0556. The lowest BCUT2D eigenvalue weighted by Gasteiger charge is -2.03. The molecule has 3 aromatic rings. The fourth-order valence-electron chi connectivity index (χ4n) is 2.42. The average molecular weight is 337 g/mol. The SMILES string of the molecule is C=c1[nH]n(-c2ccc(OC)cc2)c(=O)/c1=C/c1ccc([N+](=O)[O-])cc1. The fourth-order valence-corrected chi connectivity index (χ4v) is 2.42. The number of nitrogens with zero attached hydrogens (tertiary/aromatic N) is 2. The Kier molecular flexibility index (Phi) is 4.21. The van der Waals surface area contributed by atoms with Gasteiger partial charge in [-0.1, -0.05) is 6.58 Å².